The molecule has 0 bridgehead atoms. The Hall–Kier alpha value is -2.17. The molecule has 5 heteroatoms. The first kappa shape index (κ1) is 11.3. The number of pyridine rings is 1. The molecule has 0 aliphatic rings. The summed E-state index contributed by atoms with van der Waals surface area (Å²) in [5.74, 6) is 0.0181. The Morgan fingerprint density at radius 3 is 2.94 bits per heavy atom. The lowest BCUT2D eigenvalue weighted by Crippen LogP contribution is -2.06. The largest absolute Gasteiger partial charge is 0.461 e. The molecule has 0 radical (unpaired) electrons. The van der Waals surface area contributed by atoms with Crippen LogP contribution in [0, 0.1) is 6.92 Å². The maximum Gasteiger partial charge on any atom is 0.360 e. The summed E-state index contributed by atoms with van der Waals surface area (Å²) >= 11 is 0. The minimum absolute atomic E-state index is 0.201. The summed E-state index contributed by atoms with van der Waals surface area (Å²) < 4.78 is 10.0. The molecule has 0 aliphatic heterocycles. The molecule has 0 aromatic carbocycles. The van der Waals surface area contributed by atoms with E-state index in [1.807, 2.05) is 12.1 Å². The number of nitrogens with zero attached hydrogens (tertiary/aromatic N) is 2. The van der Waals surface area contributed by atoms with Crippen LogP contribution in [-0.4, -0.2) is 22.7 Å². The van der Waals surface area contributed by atoms with Gasteiger partial charge in [-0.1, -0.05) is 11.2 Å². The summed E-state index contributed by atoms with van der Waals surface area (Å²) in [6.07, 6.45) is 1.65. The van der Waals surface area contributed by atoms with Crippen molar-refractivity contribution in [2.75, 3.05) is 6.61 Å². The van der Waals surface area contributed by atoms with Gasteiger partial charge in [0.2, 0.25) is 0 Å². The quantitative estimate of drug-likeness (QED) is 0.759. The molecule has 0 saturated carbocycles. The maximum atomic E-state index is 11.5. The molecule has 0 fully saturated rings. The number of hydrogen-bond acceptors (Lipinski definition) is 5. The molecule has 0 spiro atoms. The molecule has 2 rings (SSSR count). The second kappa shape index (κ2) is 4.78. The van der Waals surface area contributed by atoms with Crippen LogP contribution in [0.4, 0.5) is 0 Å². The van der Waals surface area contributed by atoms with E-state index in [0.29, 0.717) is 23.6 Å². The summed E-state index contributed by atoms with van der Waals surface area (Å²) in [5.41, 5.74) is 1.49. The van der Waals surface area contributed by atoms with Crippen LogP contribution < -0.4 is 0 Å². The second-order valence-corrected chi connectivity index (χ2v) is 3.42. The first-order valence-corrected chi connectivity index (χ1v) is 5.28. The molecular formula is C12H12N2O3. The van der Waals surface area contributed by atoms with Crippen molar-refractivity contribution in [1.82, 2.24) is 10.1 Å². The Morgan fingerprint density at radius 1 is 1.47 bits per heavy atom. The predicted octanol–water partition coefficient (Wildman–Crippen LogP) is 2.22. The van der Waals surface area contributed by atoms with Gasteiger partial charge in [0.05, 0.1) is 6.61 Å². The first-order chi connectivity index (χ1) is 8.24. The summed E-state index contributed by atoms with van der Waals surface area (Å²) in [6, 6.07) is 5.44. The van der Waals surface area contributed by atoms with Crippen LogP contribution in [-0.2, 0) is 4.74 Å². The van der Waals surface area contributed by atoms with E-state index in [2.05, 4.69) is 10.1 Å². The number of carbonyl (C=O) groups excluding carboxylic acids is 1. The fourth-order valence-corrected chi connectivity index (χ4v) is 1.46. The van der Waals surface area contributed by atoms with Gasteiger partial charge in [0.25, 0.3) is 0 Å². The lowest BCUT2D eigenvalue weighted by atomic mass is 10.1. The number of aromatic nitrogens is 2. The van der Waals surface area contributed by atoms with Crippen molar-refractivity contribution in [2.45, 2.75) is 13.8 Å². The topological polar surface area (TPSA) is 65.2 Å². The highest BCUT2D eigenvalue weighted by molar-refractivity contribution is 5.90. The first-order valence-electron chi connectivity index (χ1n) is 5.28. The SMILES string of the molecule is CCOC(=O)c1noc(-c2ccccn2)c1C. The summed E-state index contributed by atoms with van der Waals surface area (Å²) in [5, 5.41) is 3.72. The van der Waals surface area contributed by atoms with Crippen molar-refractivity contribution >= 4 is 5.97 Å². The van der Waals surface area contributed by atoms with Crippen LogP contribution in [0.25, 0.3) is 11.5 Å². The third kappa shape index (κ3) is 2.18. The van der Waals surface area contributed by atoms with Crippen molar-refractivity contribution < 1.29 is 14.1 Å². The van der Waals surface area contributed by atoms with Crippen molar-refractivity contribution in [1.29, 1.82) is 0 Å². The predicted molar refractivity (Wildman–Crippen MR) is 60.4 cm³/mol. The average molecular weight is 232 g/mol. The van der Waals surface area contributed by atoms with Gasteiger partial charge in [0.1, 0.15) is 5.69 Å². The highest BCUT2D eigenvalue weighted by atomic mass is 16.5. The van der Waals surface area contributed by atoms with Crippen molar-refractivity contribution in [3.8, 4) is 11.5 Å². The molecule has 2 aromatic heterocycles. The molecule has 2 aromatic rings. The van der Waals surface area contributed by atoms with Crippen LogP contribution in [0.2, 0.25) is 0 Å². The van der Waals surface area contributed by atoms with Gasteiger partial charge in [-0.2, -0.15) is 0 Å². The molecule has 17 heavy (non-hydrogen) atoms. The standard InChI is InChI=1S/C12H12N2O3/c1-3-16-12(15)10-8(2)11(17-14-10)9-6-4-5-7-13-9/h4-7H,3H2,1-2H3. The third-order valence-electron chi connectivity index (χ3n) is 2.29. The normalized spacial score (nSPS) is 10.2. The number of ether oxygens (including phenoxy) is 1. The molecule has 0 amide bonds. The number of carbonyl (C=O) groups is 1. The van der Waals surface area contributed by atoms with Crippen LogP contribution in [0.3, 0.4) is 0 Å². The van der Waals surface area contributed by atoms with E-state index in [9.17, 15) is 4.79 Å². The summed E-state index contributed by atoms with van der Waals surface area (Å²) in [6.45, 7) is 3.81. The van der Waals surface area contributed by atoms with Gasteiger partial charge in [0.15, 0.2) is 11.5 Å². The van der Waals surface area contributed by atoms with Crippen molar-refractivity contribution in [3.63, 3.8) is 0 Å². The Balaban J connectivity index is 2.37. The minimum atomic E-state index is -0.476. The van der Waals surface area contributed by atoms with Gasteiger partial charge in [-0.15, -0.1) is 0 Å². The zero-order valence-corrected chi connectivity index (χ0v) is 9.64. The fourth-order valence-electron chi connectivity index (χ4n) is 1.46. The van der Waals surface area contributed by atoms with Crippen molar-refractivity contribution in [2.24, 2.45) is 0 Å². The molecule has 0 atom stereocenters. The van der Waals surface area contributed by atoms with Gasteiger partial charge in [0, 0.05) is 11.8 Å². The maximum absolute atomic E-state index is 11.5. The Morgan fingerprint density at radius 2 is 2.29 bits per heavy atom. The molecule has 0 saturated heterocycles. The van der Waals surface area contributed by atoms with Crippen LogP contribution in [0.5, 0.6) is 0 Å². The van der Waals surface area contributed by atoms with E-state index in [-0.39, 0.29) is 5.69 Å². The highest BCUT2D eigenvalue weighted by Gasteiger charge is 2.20. The van der Waals surface area contributed by atoms with Gasteiger partial charge in [-0.25, -0.2) is 4.79 Å². The second-order valence-electron chi connectivity index (χ2n) is 3.42. The monoisotopic (exact) mass is 232 g/mol. The molecule has 2 heterocycles. The van der Waals surface area contributed by atoms with E-state index in [1.165, 1.54) is 0 Å². The average Bonchev–Trinajstić information content (AvgIpc) is 2.72. The molecule has 0 unspecified atom stereocenters. The van der Waals surface area contributed by atoms with E-state index < -0.39 is 5.97 Å². The Bertz CT molecular complexity index is 520. The van der Waals surface area contributed by atoms with Crippen LogP contribution in [0.1, 0.15) is 23.0 Å². The minimum Gasteiger partial charge on any atom is -0.461 e. The number of rotatable bonds is 3. The van der Waals surface area contributed by atoms with Crippen LogP contribution >= 0.6 is 0 Å². The lowest BCUT2D eigenvalue weighted by molar-refractivity contribution is 0.0514. The third-order valence-corrected chi connectivity index (χ3v) is 2.29. The molecule has 88 valence electrons. The zero-order chi connectivity index (χ0) is 12.3. The lowest BCUT2D eigenvalue weighted by Gasteiger charge is -1.98. The molecular weight excluding hydrogens is 220 g/mol. The van der Waals surface area contributed by atoms with Gasteiger partial charge in [-0.05, 0) is 26.0 Å². The fraction of sp³-hybridized carbons (Fsp3) is 0.250. The Kier molecular flexibility index (Phi) is 3.18. The number of hydrogen-bond donors (Lipinski definition) is 0. The smallest absolute Gasteiger partial charge is 0.360 e. The van der Waals surface area contributed by atoms with E-state index in [1.54, 1.807) is 26.1 Å². The Labute approximate surface area is 98.4 Å². The van der Waals surface area contributed by atoms with Gasteiger partial charge in [-0.3, -0.25) is 4.98 Å². The van der Waals surface area contributed by atoms with Gasteiger partial charge >= 0.3 is 5.97 Å². The molecule has 0 aliphatic carbocycles. The number of esters is 1. The highest BCUT2D eigenvalue weighted by Crippen LogP contribution is 2.23. The van der Waals surface area contributed by atoms with Crippen LogP contribution in [0.15, 0.2) is 28.9 Å². The molecule has 5 nitrogen and oxygen atoms in total. The van der Waals surface area contributed by atoms with E-state index in [4.69, 9.17) is 9.26 Å². The van der Waals surface area contributed by atoms with Crippen molar-refractivity contribution in [3.05, 3.63) is 35.7 Å². The summed E-state index contributed by atoms with van der Waals surface area (Å²) in [4.78, 5) is 15.7. The zero-order valence-electron chi connectivity index (χ0n) is 9.64. The van der Waals surface area contributed by atoms with Gasteiger partial charge < -0.3 is 9.26 Å². The molecule has 0 N–H and O–H groups in total. The van der Waals surface area contributed by atoms with E-state index in [0.717, 1.165) is 0 Å². The van der Waals surface area contributed by atoms with E-state index >= 15 is 0 Å². The summed E-state index contributed by atoms with van der Waals surface area (Å²) in [7, 11) is 0.